The van der Waals surface area contributed by atoms with Crippen LogP contribution < -0.4 is 10.6 Å². The molecule has 0 spiro atoms. The third kappa shape index (κ3) is 3.80. The molecule has 2 aromatic carbocycles. The Bertz CT molecular complexity index is 1000. The number of sulfone groups is 1. The number of rotatable bonds is 4. The molecule has 3 amide bonds. The van der Waals surface area contributed by atoms with Crippen LogP contribution in [0.4, 0.5) is 16.2 Å². The summed E-state index contributed by atoms with van der Waals surface area (Å²) in [6.45, 7) is 0.497. The lowest BCUT2D eigenvalue weighted by Gasteiger charge is -2.24. The fourth-order valence-corrected chi connectivity index (χ4v) is 4.46. The molecular formula is C19H19N3O4S. The minimum atomic E-state index is -3.70. The van der Waals surface area contributed by atoms with Gasteiger partial charge in [-0.2, -0.15) is 0 Å². The maximum absolute atomic E-state index is 12.8. The van der Waals surface area contributed by atoms with Crippen molar-refractivity contribution >= 4 is 33.2 Å². The molecule has 2 aliphatic rings. The van der Waals surface area contributed by atoms with E-state index >= 15 is 0 Å². The van der Waals surface area contributed by atoms with Gasteiger partial charge in [0.15, 0.2) is 9.84 Å². The van der Waals surface area contributed by atoms with Crippen LogP contribution in [0.2, 0.25) is 0 Å². The van der Waals surface area contributed by atoms with E-state index in [0.29, 0.717) is 12.2 Å². The first-order chi connectivity index (χ1) is 12.9. The van der Waals surface area contributed by atoms with Crippen molar-refractivity contribution < 1.29 is 18.0 Å². The minimum Gasteiger partial charge on any atom is -0.324 e. The summed E-state index contributed by atoms with van der Waals surface area (Å²) >= 11 is 0. The molecule has 27 heavy (non-hydrogen) atoms. The average Bonchev–Trinajstić information content (AvgIpc) is 3.45. The Balaban J connectivity index is 1.54. The van der Waals surface area contributed by atoms with Crippen molar-refractivity contribution in [2.45, 2.75) is 30.3 Å². The summed E-state index contributed by atoms with van der Waals surface area (Å²) in [5, 5.41) is 5.33. The second-order valence-corrected chi connectivity index (χ2v) is 8.75. The third-order valence-corrected chi connectivity index (χ3v) is 6.26. The van der Waals surface area contributed by atoms with Crippen LogP contribution in [0.1, 0.15) is 18.4 Å². The molecule has 1 saturated carbocycles. The summed E-state index contributed by atoms with van der Waals surface area (Å²) in [6, 6.07) is 14.1. The highest BCUT2D eigenvalue weighted by Gasteiger charge is 2.33. The lowest BCUT2D eigenvalue weighted by Crippen LogP contribution is -2.36. The van der Waals surface area contributed by atoms with Crippen LogP contribution >= 0.6 is 0 Å². The maximum atomic E-state index is 12.8. The number of hydrogen-bond acceptors (Lipinski definition) is 4. The van der Waals surface area contributed by atoms with Crippen molar-refractivity contribution in [3.05, 3.63) is 54.1 Å². The van der Waals surface area contributed by atoms with Gasteiger partial charge in [-0.3, -0.25) is 4.79 Å². The van der Waals surface area contributed by atoms with Gasteiger partial charge in [-0.05, 0) is 36.6 Å². The number of carbonyl (C=O) groups is 2. The number of amides is 3. The van der Waals surface area contributed by atoms with Gasteiger partial charge in [0.2, 0.25) is 5.91 Å². The van der Waals surface area contributed by atoms with Crippen LogP contribution in [0.3, 0.4) is 0 Å². The van der Waals surface area contributed by atoms with Gasteiger partial charge in [0.1, 0.15) is 5.75 Å². The number of nitrogens with one attached hydrogen (secondary N) is 2. The number of hydrogen-bond donors (Lipinski definition) is 2. The average molecular weight is 385 g/mol. The molecule has 1 aliphatic carbocycles. The molecule has 2 aromatic rings. The summed E-state index contributed by atoms with van der Waals surface area (Å²) in [6.07, 6.45) is 1.93. The van der Waals surface area contributed by atoms with Crippen molar-refractivity contribution in [1.29, 1.82) is 0 Å². The standard InChI is InChI=1S/C19H19N3O4S/c23-18-12-27(25,26)17-10-14(6-9-16(17)21-18)20-19(24)22(15-7-8-15)11-13-4-2-1-3-5-13/h1-6,9-10,15H,7-8,11-12H2,(H,20,24)(H,21,23). The van der Waals surface area contributed by atoms with E-state index in [4.69, 9.17) is 0 Å². The zero-order chi connectivity index (χ0) is 19.0. The highest BCUT2D eigenvalue weighted by Crippen LogP contribution is 2.31. The van der Waals surface area contributed by atoms with Crippen molar-refractivity contribution in [1.82, 2.24) is 4.90 Å². The summed E-state index contributed by atoms with van der Waals surface area (Å²) < 4.78 is 24.5. The third-order valence-electron chi connectivity index (χ3n) is 4.61. The first kappa shape index (κ1) is 17.5. The predicted octanol–water partition coefficient (Wildman–Crippen LogP) is 2.61. The molecule has 0 saturated heterocycles. The van der Waals surface area contributed by atoms with Gasteiger partial charge >= 0.3 is 6.03 Å². The van der Waals surface area contributed by atoms with Gasteiger partial charge in [-0.15, -0.1) is 0 Å². The molecule has 140 valence electrons. The van der Waals surface area contributed by atoms with Crippen LogP contribution in [0.15, 0.2) is 53.4 Å². The molecule has 8 heteroatoms. The molecule has 0 aromatic heterocycles. The molecule has 0 bridgehead atoms. The van der Waals surface area contributed by atoms with Crippen LogP contribution in [-0.2, 0) is 21.2 Å². The summed E-state index contributed by atoms with van der Waals surface area (Å²) in [7, 11) is -3.70. The molecule has 1 aliphatic heterocycles. The molecule has 2 N–H and O–H groups in total. The van der Waals surface area contributed by atoms with E-state index in [1.54, 1.807) is 11.0 Å². The van der Waals surface area contributed by atoms with E-state index < -0.39 is 21.5 Å². The first-order valence-corrected chi connectivity index (χ1v) is 10.4. The van der Waals surface area contributed by atoms with E-state index in [1.807, 2.05) is 30.3 Å². The second-order valence-electron chi connectivity index (χ2n) is 6.79. The zero-order valence-electron chi connectivity index (χ0n) is 14.5. The van der Waals surface area contributed by atoms with Gasteiger partial charge in [0.05, 0.1) is 10.6 Å². The smallest absolute Gasteiger partial charge is 0.322 e. The molecular weight excluding hydrogens is 366 g/mol. The van der Waals surface area contributed by atoms with Gasteiger partial charge < -0.3 is 15.5 Å². The first-order valence-electron chi connectivity index (χ1n) is 8.70. The van der Waals surface area contributed by atoms with Crippen LogP contribution in [0.25, 0.3) is 0 Å². The Morgan fingerprint density at radius 3 is 2.59 bits per heavy atom. The molecule has 1 fully saturated rings. The predicted molar refractivity (Wildman–Crippen MR) is 101 cm³/mol. The summed E-state index contributed by atoms with van der Waals surface area (Å²) in [5.41, 5.74) is 1.67. The van der Waals surface area contributed by atoms with Crippen molar-refractivity contribution in [2.75, 3.05) is 16.4 Å². The largest absolute Gasteiger partial charge is 0.324 e. The van der Waals surface area contributed by atoms with Crippen molar-refractivity contribution in [3.63, 3.8) is 0 Å². The fraction of sp³-hybridized carbons (Fsp3) is 0.263. The maximum Gasteiger partial charge on any atom is 0.322 e. The number of anilines is 2. The molecule has 1 heterocycles. The van der Waals surface area contributed by atoms with Crippen LogP contribution in [-0.4, -0.2) is 37.1 Å². The highest BCUT2D eigenvalue weighted by molar-refractivity contribution is 7.92. The molecule has 4 rings (SSSR count). The second kappa shape index (κ2) is 6.70. The molecule has 0 unspecified atom stereocenters. The number of carbonyl (C=O) groups excluding carboxylic acids is 2. The quantitative estimate of drug-likeness (QED) is 0.846. The Kier molecular flexibility index (Phi) is 4.35. The van der Waals surface area contributed by atoms with Gasteiger partial charge in [-0.1, -0.05) is 30.3 Å². The lowest BCUT2D eigenvalue weighted by atomic mass is 10.2. The molecule has 7 nitrogen and oxygen atoms in total. The Hall–Kier alpha value is -2.87. The molecule has 0 atom stereocenters. The van der Waals surface area contributed by atoms with Crippen molar-refractivity contribution in [3.8, 4) is 0 Å². The van der Waals surface area contributed by atoms with E-state index in [0.717, 1.165) is 18.4 Å². The fourth-order valence-electron chi connectivity index (χ4n) is 3.13. The minimum absolute atomic E-state index is 0.0286. The van der Waals surface area contributed by atoms with Crippen LogP contribution in [0.5, 0.6) is 0 Å². The Morgan fingerprint density at radius 1 is 1.15 bits per heavy atom. The molecule has 0 radical (unpaired) electrons. The van der Waals surface area contributed by atoms with E-state index in [2.05, 4.69) is 10.6 Å². The Labute approximate surface area is 157 Å². The van der Waals surface area contributed by atoms with E-state index in [1.165, 1.54) is 12.1 Å². The number of urea groups is 1. The van der Waals surface area contributed by atoms with Crippen LogP contribution in [0, 0.1) is 0 Å². The number of fused-ring (bicyclic) bond motifs is 1. The number of benzene rings is 2. The van der Waals surface area contributed by atoms with E-state index in [9.17, 15) is 18.0 Å². The monoisotopic (exact) mass is 385 g/mol. The summed E-state index contributed by atoms with van der Waals surface area (Å²) in [5.74, 6) is -1.14. The topological polar surface area (TPSA) is 95.6 Å². The van der Waals surface area contributed by atoms with Crippen molar-refractivity contribution in [2.24, 2.45) is 0 Å². The summed E-state index contributed by atoms with van der Waals surface area (Å²) in [4.78, 5) is 26.1. The highest BCUT2D eigenvalue weighted by atomic mass is 32.2. The van der Waals surface area contributed by atoms with Gasteiger partial charge in [0.25, 0.3) is 0 Å². The van der Waals surface area contributed by atoms with Gasteiger partial charge in [-0.25, -0.2) is 13.2 Å². The number of nitrogens with zero attached hydrogens (tertiary/aromatic N) is 1. The van der Waals surface area contributed by atoms with E-state index in [-0.39, 0.29) is 22.7 Å². The normalized spacial score (nSPS) is 17.6. The van der Waals surface area contributed by atoms with Gasteiger partial charge in [0, 0.05) is 18.3 Å². The Morgan fingerprint density at radius 2 is 1.89 bits per heavy atom. The SMILES string of the molecule is O=C1CS(=O)(=O)c2cc(NC(=O)N(Cc3ccccc3)C3CC3)ccc2N1. The lowest BCUT2D eigenvalue weighted by molar-refractivity contribution is -0.114. The zero-order valence-corrected chi connectivity index (χ0v) is 15.3.